The molecule has 4 rings (SSSR count). The molecule has 0 bridgehead atoms. The third-order valence-corrected chi connectivity index (χ3v) is 6.36. The Balaban J connectivity index is 1.70. The van der Waals surface area contributed by atoms with Crippen LogP contribution in [0.15, 0.2) is 47.5 Å². The van der Waals surface area contributed by atoms with Crippen LogP contribution < -0.4 is 0 Å². The number of nitrogens with one attached hydrogen (secondary N) is 1. The molecule has 1 atom stereocenters. The van der Waals surface area contributed by atoms with Crippen molar-refractivity contribution in [2.24, 2.45) is 0 Å². The summed E-state index contributed by atoms with van der Waals surface area (Å²) >= 11 is 5.94. The molecule has 1 saturated carbocycles. The lowest BCUT2D eigenvalue weighted by atomic mass is 10.1. The molecule has 0 aliphatic heterocycles. The lowest BCUT2D eigenvalue weighted by molar-refractivity contribution is 0.433. The number of rotatable bonds is 4. The van der Waals surface area contributed by atoms with Crippen molar-refractivity contribution in [3.8, 4) is 22.8 Å². The molecule has 0 radical (unpaired) electrons. The monoisotopic (exact) mass is 372 g/mol. The van der Waals surface area contributed by atoms with Crippen LogP contribution in [-0.4, -0.2) is 25.1 Å². The highest BCUT2D eigenvalue weighted by molar-refractivity contribution is 7.87. The van der Waals surface area contributed by atoms with Gasteiger partial charge in [-0.1, -0.05) is 34.4 Å². The Kier molecular flexibility index (Phi) is 4.09. The zero-order chi connectivity index (χ0) is 17.6. The van der Waals surface area contributed by atoms with Crippen LogP contribution in [0.2, 0.25) is 5.02 Å². The molecule has 2 N–H and O–H groups in total. The van der Waals surface area contributed by atoms with Crippen LogP contribution in [0.3, 0.4) is 0 Å². The van der Waals surface area contributed by atoms with E-state index < -0.39 is 10.7 Å². The van der Waals surface area contributed by atoms with Gasteiger partial charge in [-0.3, -0.25) is 4.78 Å². The molecule has 0 amide bonds. The van der Waals surface area contributed by atoms with Gasteiger partial charge < -0.3 is 5.11 Å². The predicted molar refractivity (Wildman–Crippen MR) is 99.6 cm³/mol. The van der Waals surface area contributed by atoms with Crippen molar-refractivity contribution in [1.82, 2.24) is 14.8 Å². The lowest BCUT2D eigenvalue weighted by Crippen LogP contribution is -2.02. The van der Waals surface area contributed by atoms with E-state index in [1.807, 2.05) is 31.2 Å². The first-order valence-electron chi connectivity index (χ1n) is 8.00. The molecule has 25 heavy (non-hydrogen) atoms. The summed E-state index contributed by atoms with van der Waals surface area (Å²) in [5, 5.41) is 16.2. The molecule has 0 saturated heterocycles. The van der Waals surface area contributed by atoms with E-state index in [0.29, 0.717) is 27.3 Å². The normalized spacial score (nSPS) is 15.3. The number of aromatic hydroxyl groups is 1. The fourth-order valence-corrected chi connectivity index (χ4v) is 4.25. The first-order chi connectivity index (χ1) is 12.0. The van der Waals surface area contributed by atoms with E-state index in [1.165, 1.54) is 4.68 Å². The highest BCUT2D eigenvalue weighted by Crippen LogP contribution is 2.35. The summed E-state index contributed by atoms with van der Waals surface area (Å²) in [6.07, 6.45) is 4.00. The highest BCUT2D eigenvalue weighted by atomic mass is 35.5. The number of benzene rings is 1. The molecule has 5 nitrogen and oxygen atoms in total. The molecule has 3 aromatic rings. The maximum absolute atomic E-state index is 10.7. The van der Waals surface area contributed by atoms with Gasteiger partial charge in [0.05, 0.1) is 11.3 Å². The molecule has 1 aromatic carbocycles. The number of nitrogens with zero attached hydrogens (tertiary/aromatic N) is 3. The predicted octanol–water partition coefficient (Wildman–Crippen LogP) is 4.50. The van der Waals surface area contributed by atoms with E-state index in [2.05, 4.69) is 10.1 Å². The Morgan fingerprint density at radius 1 is 1.20 bits per heavy atom. The standard InChI is InChI=1S/C18H17ClN4OS/c1-11-17(12-2-4-13(19)5-3-12)18(24)23(22-11)16-9-8-15(10-21-16)25(20)14-6-7-14/h2-5,8-10,14,20,24H,6-7H2,1H3/t25-/m0/s1. The Bertz CT molecular complexity index is 946. The van der Waals surface area contributed by atoms with E-state index in [1.54, 1.807) is 18.3 Å². The quantitative estimate of drug-likeness (QED) is 0.707. The summed E-state index contributed by atoms with van der Waals surface area (Å²) in [7, 11) is -0.492. The molecule has 7 heteroatoms. The first-order valence-corrected chi connectivity index (χ1v) is 9.66. The number of halogens is 1. The molecule has 2 heterocycles. The highest BCUT2D eigenvalue weighted by Gasteiger charge is 2.26. The maximum atomic E-state index is 10.7. The summed E-state index contributed by atoms with van der Waals surface area (Å²) in [5.41, 5.74) is 2.23. The van der Waals surface area contributed by atoms with Gasteiger partial charge in [0.25, 0.3) is 0 Å². The second kappa shape index (κ2) is 6.28. The third kappa shape index (κ3) is 3.07. The number of pyridine rings is 1. The van der Waals surface area contributed by atoms with Crippen molar-refractivity contribution in [3.05, 3.63) is 53.3 Å². The zero-order valence-electron chi connectivity index (χ0n) is 13.6. The van der Waals surface area contributed by atoms with Gasteiger partial charge in [-0.05, 0) is 49.6 Å². The fourth-order valence-electron chi connectivity index (χ4n) is 2.75. The van der Waals surface area contributed by atoms with E-state index in [-0.39, 0.29) is 5.88 Å². The smallest absolute Gasteiger partial charge is 0.223 e. The minimum absolute atomic E-state index is 0.0483. The van der Waals surface area contributed by atoms with Crippen LogP contribution in [0.1, 0.15) is 18.5 Å². The molecule has 128 valence electrons. The van der Waals surface area contributed by atoms with Crippen LogP contribution in [-0.2, 0) is 10.7 Å². The largest absolute Gasteiger partial charge is 0.493 e. The summed E-state index contributed by atoms with van der Waals surface area (Å²) in [5.74, 6) is 0.587. The zero-order valence-corrected chi connectivity index (χ0v) is 15.2. The first kappa shape index (κ1) is 16.3. The minimum atomic E-state index is -0.492. The van der Waals surface area contributed by atoms with Crippen molar-refractivity contribution in [3.63, 3.8) is 0 Å². The van der Waals surface area contributed by atoms with Gasteiger partial charge in [0, 0.05) is 21.4 Å². The van der Waals surface area contributed by atoms with Crippen LogP contribution in [0.4, 0.5) is 0 Å². The molecule has 0 spiro atoms. The minimum Gasteiger partial charge on any atom is -0.493 e. The van der Waals surface area contributed by atoms with Crippen molar-refractivity contribution in [2.45, 2.75) is 29.9 Å². The number of hydrogen-bond acceptors (Lipinski definition) is 4. The Morgan fingerprint density at radius 2 is 1.92 bits per heavy atom. The summed E-state index contributed by atoms with van der Waals surface area (Å²) in [6, 6.07) is 11.0. The van der Waals surface area contributed by atoms with Gasteiger partial charge in [0.1, 0.15) is 0 Å². The average Bonchev–Trinajstić information content (AvgIpc) is 3.42. The van der Waals surface area contributed by atoms with Gasteiger partial charge in [0.15, 0.2) is 5.82 Å². The fraction of sp³-hybridized carbons (Fsp3) is 0.222. The van der Waals surface area contributed by atoms with E-state index in [9.17, 15) is 5.11 Å². The maximum Gasteiger partial charge on any atom is 0.223 e. The Morgan fingerprint density at radius 3 is 2.52 bits per heavy atom. The summed E-state index contributed by atoms with van der Waals surface area (Å²) < 4.78 is 9.65. The molecule has 1 aliphatic rings. The molecule has 2 aromatic heterocycles. The van der Waals surface area contributed by atoms with E-state index >= 15 is 0 Å². The van der Waals surface area contributed by atoms with Gasteiger partial charge >= 0.3 is 0 Å². The number of aryl methyl sites for hydroxylation is 1. The van der Waals surface area contributed by atoms with Crippen molar-refractivity contribution in [2.75, 3.05) is 0 Å². The van der Waals surface area contributed by atoms with Crippen LogP contribution in [0.5, 0.6) is 5.88 Å². The number of hydrogen-bond donors (Lipinski definition) is 2. The molecule has 0 unspecified atom stereocenters. The van der Waals surface area contributed by atoms with Crippen molar-refractivity contribution < 1.29 is 5.11 Å². The van der Waals surface area contributed by atoms with Crippen LogP contribution in [0.25, 0.3) is 16.9 Å². The van der Waals surface area contributed by atoms with Crippen LogP contribution >= 0.6 is 11.6 Å². The molecular weight excluding hydrogens is 356 g/mol. The molecular formula is C18H17ClN4OS. The van der Waals surface area contributed by atoms with Gasteiger partial charge in [0.2, 0.25) is 5.88 Å². The van der Waals surface area contributed by atoms with E-state index in [4.69, 9.17) is 16.4 Å². The summed E-state index contributed by atoms with van der Waals surface area (Å²) in [6.45, 7) is 1.85. The average molecular weight is 373 g/mol. The SMILES string of the molecule is Cc1nn(-c2ccc([S@@](=N)C3CC3)cn2)c(O)c1-c1ccc(Cl)cc1. The van der Waals surface area contributed by atoms with Gasteiger partial charge in [-0.15, -0.1) is 0 Å². The van der Waals surface area contributed by atoms with Gasteiger partial charge in [-0.2, -0.15) is 9.78 Å². The number of aromatic nitrogens is 3. The molecule has 1 fully saturated rings. The topological polar surface area (TPSA) is 74.8 Å². The second-order valence-electron chi connectivity index (χ2n) is 6.09. The molecule has 1 aliphatic carbocycles. The van der Waals surface area contributed by atoms with Crippen molar-refractivity contribution >= 4 is 22.3 Å². The summed E-state index contributed by atoms with van der Waals surface area (Å²) in [4.78, 5) is 5.35. The van der Waals surface area contributed by atoms with Crippen LogP contribution in [0, 0.1) is 11.7 Å². The third-order valence-electron chi connectivity index (χ3n) is 4.22. The lowest BCUT2D eigenvalue weighted by Gasteiger charge is -2.06. The second-order valence-corrected chi connectivity index (χ2v) is 8.34. The Labute approximate surface area is 153 Å². The van der Waals surface area contributed by atoms with E-state index in [0.717, 1.165) is 23.3 Å². The van der Waals surface area contributed by atoms with Gasteiger partial charge in [-0.25, -0.2) is 4.98 Å². The Hall–Kier alpha value is -2.18. The van der Waals surface area contributed by atoms with Crippen molar-refractivity contribution in [1.29, 1.82) is 4.78 Å².